The van der Waals surface area contributed by atoms with Crippen molar-refractivity contribution in [1.29, 1.82) is 0 Å². The van der Waals surface area contributed by atoms with E-state index in [-0.39, 0.29) is 17.4 Å². The molecule has 182 valence electrons. The highest BCUT2D eigenvalue weighted by atomic mass is 32.2. The number of hydrogen-bond donors (Lipinski definition) is 2. The Morgan fingerprint density at radius 1 is 1.09 bits per heavy atom. The predicted octanol–water partition coefficient (Wildman–Crippen LogP) is 2.79. The number of urea groups is 1. The van der Waals surface area contributed by atoms with E-state index in [0.29, 0.717) is 59.6 Å². The van der Waals surface area contributed by atoms with Crippen LogP contribution in [0.4, 0.5) is 10.5 Å². The minimum absolute atomic E-state index is 0.0689. The molecular weight excluding hydrogens is 472 g/mol. The molecule has 2 aliphatic rings. The van der Waals surface area contributed by atoms with Gasteiger partial charge in [-0.2, -0.15) is 0 Å². The van der Waals surface area contributed by atoms with Crippen LogP contribution in [0.5, 0.6) is 11.5 Å². The number of hydrogen-bond acceptors (Lipinski definition) is 8. The third-order valence-corrected chi connectivity index (χ3v) is 6.60. The van der Waals surface area contributed by atoms with E-state index in [1.54, 1.807) is 41.0 Å². The number of thioether (sulfide) groups is 1. The molecule has 0 saturated carbocycles. The molecular formula is C24H24N4O6S. The van der Waals surface area contributed by atoms with Crippen LogP contribution in [0.2, 0.25) is 0 Å². The predicted molar refractivity (Wildman–Crippen MR) is 130 cm³/mol. The summed E-state index contributed by atoms with van der Waals surface area (Å²) < 4.78 is 18.2. The molecule has 3 heterocycles. The first-order valence-electron chi connectivity index (χ1n) is 11.3. The standard InChI is InChI=1S/C24H24N4O6S/c29-21(27-23(31)25-15-7-8-19-20(12-15)34-11-10-33-19)14-35-24-26-18-6-2-1-5-17(18)22(30)28(24)13-16-4-3-9-32-16/h1-2,5-8,12,16H,3-4,9-11,13-14H2,(H2,25,27,29,31). The molecule has 3 amide bonds. The Hall–Kier alpha value is -3.57. The van der Waals surface area contributed by atoms with Crippen molar-refractivity contribution in [3.8, 4) is 11.5 Å². The van der Waals surface area contributed by atoms with Gasteiger partial charge in [0.2, 0.25) is 5.91 Å². The minimum Gasteiger partial charge on any atom is -0.486 e. The van der Waals surface area contributed by atoms with Gasteiger partial charge in [0.25, 0.3) is 5.56 Å². The summed E-state index contributed by atoms with van der Waals surface area (Å²) in [5, 5.41) is 5.83. The van der Waals surface area contributed by atoms with Gasteiger partial charge in [-0.05, 0) is 37.1 Å². The molecule has 2 aromatic carbocycles. The van der Waals surface area contributed by atoms with Crippen molar-refractivity contribution in [1.82, 2.24) is 14.9 Å². The zero-order chi connectivity index (χ0) is 24.2. The number of imide groups is 1. The average molecular weight is 497 g/mol. The molecule has 0 spiro atoms. The van der Waals surface area contributed by atoms with Crippen molar-refractivity contribution in [3.05, 3.63) is 52.8 Å². The second kappa shape index (κ2) is 10.4. The van der Waals surface area contributed by atoms with Gasteiger partial charge in [-0.15, -0.1) is 0 Å². The Kier molecular flexibility index (Phi) is 6.87. The van der Waals surface area contributed by atoms with Crippen LogP contribution in [0, 0.1) is 0 Å². The smallest absolute Gasteiger partial charge is 0.325 e. The molecule has 0 radical (unpaired) electrons. The number of carbonyl (C=O) groups excluding carboxylic acids is 2. The van der Waals surface area contributed by atoms with Gasteiger partial charge in [0.05, 0.1) is 29.3 Å². The van der Waals surface area contributed by atoms with Crippen molar-refractivity contribution in [2.24, 2.45) is 0 Å². The average Bonchev–Trinajstić information content (AvgIpc) is 3.38. The summed E-state index contributed by atoms with van der Waals surface area (Å²) in [5.41, 5.74) is 0.847. The molecule has 1 fully saturated rings. The van der Waals surface area contributed by atoms with E-state index in [1.165, 1.54) is 0 Å². The maximum Gasteiger partial charge on any atom is 0.325 e. The van der Waals surface area contributed by atoms with Gasteiger partial charge in [-0.1, -0.05) is 23.9 Å². The summed E-state index contributed by atoms with van der Waals surface area (Å²) in [6.45, 7) is 1.94. The molecule has 2 aliphatic heterocycles. The largest absolute Gasteiger partial charge is 0.486 e. The van der Waals surface area contributed by atoms with Gasteiger partial charge >= 0.3 is 6.03 Å². The Bertz CT molecular complexity index is 1320. The quantitative estimate of drug-likeness (QED) is 0.395. The molecule has 1 atom stereocenters. The molecule has 35 heavy (non-hydrogen) atoms. The Balaban J connectivity index is 1.25. The number of carbonyl (C=O) groups is 2. The summed E-state index contributed by atoms with van der Waals surface area (Å²) in [4.78, 5) is 42.5. The Morgan fingerprint density at radius 2 is 1.91 bits per heavy atom. The van der Waals surface area contributed by atoms with Gasteiger partial charge in [-0.25, -0.2) is 9.78 Å². The summed E-state index contributed by atoms with van der Waals surface area (Å²) in [5.74, 6) is 0.524. The minimum atomic E-state index is -0.671. The number of fused-ring (bicyclic) bond motifs is 2. The summed E-state index contributed by atoms with van der Waals surface area (Å²) in [6, 6.07) is 11.4. The van der Waals surface area contributed by atoms with Gasteiger partial charge < -0.3 is 19.5 Å². The normalized spacial score (nSPS) is 16.7. The molecule has 0 aliphatic carbocycles. The number of nitrogens with one attached hydrogen (secondary N) is 2. The number of benzene rings is 2. The number of ether oxygens (including phenoxy) is 3. The van der Waals surface area contributed by atoms with Crippen molar-refractivity contribution in [3.63, 3.8) is 0 Å². The van der Waals surface area contributed by atoms with E-state index in [0.717, 1.165) is 24.6 Å². The molecule has 1 unspecified atom stereocenters. The SMILES string of the molecule is O=C(CSc1nc2ccccc2c(=O)n1CC1CCCO1)NC(=O)Nc1ccc2c(c1)OCCO2. The van der Waals surface area contributed by atoms with E-state index in [4.69, 9.17) is 14.2 Å². The van der Waals surface area contributed by atoms with Crippen LogP contribution >= 0.6 is 11.8 Å². The number of anilines is 1. The maximum atomic E-state index is 13.1. The monoisotopic (exact) mass is 496 g/mol. The lowest BCUT2D eigenvalue weighted by Crippen LogP contribution is -2.36. The third-order valence-electron chi connectivity index (χ3n) is 5.62. The van der Waals surface area contributed by atoms with E-state index < -0.39 is 11.9 Å². The summed E-state index contributed by atoms with van der Waals surface area (Å²) >= 11 is 1.10. The van der Waals surface area contributed by atoms with E-state index in [9.17, 15) is 14.4 Å². The van der Waals surface area contributed by atoms with E-state index in [2.05, 4.69) is 15.6 Å². The highest BCUT2D eigenvalue weighted by Gasteiger charge is 2.21. The van der Waals surface area contributed by atoms with Gasteiger partial charge in [0.1, 0.15) is 13.2 Å². The lowest BCUT2D eigenvalue weighted by molar-refractivity contribution is -0.117. The number of rotatable bonds is 6. The van der Waals surface area contributed by atoms with Gasteiger partial charge in [-0.3, -0.25) is 19.5 Å². The lowest BCUT2D eigenvalue weighted by Gasteiger charge is -2.19. The molecule has 2 N–H and O–H groups in total. The zero-order valence-electron chi connectivity index (χ0n) is 18.8. The number of amides is 3. The summed E-state index contributed by atoms with van der Waals surface area (Å²) in [7, 11) is 0. The van der Waals surface area contributed by atoms with E-state index in [1.807, 2.05) is 6.07 Å². The van der Waals surface area contributed by atoms with Crippen molar-refractivity contribution in [2.75, 3.05) is 30.9 Å². The Labute approximate surface area is 205 Å². The first-order chi connectivity index (χ1) is 17.1. The topological polar surface area (TPSA) is 121 Å². The van der Waals surface area contributed by atoms with Crippen molar-refractivity contribution >= 4 is 40.3 Å². The van der Waals surface area contributed by atoms with Crippen LogP contribution in [0.25, 0.3) is 10.9 Å². The maximum absolute atomic E-state index is 13.1. The Morgan fingerprint density at radius 3 is 2.74 bits per heavy atom. The van der Waals surface area contributed by atoms with Crippen LogP contribution in [0.1, 0.15) is 12.8 Å². The molecule has 3 aromatic rings. The van der Waals surface area contributed by atoms with Crippen LogP contribution in [0.15, 0.2) is 52.4 Å². The lowest BCUT2D eigenvalue weighted by atomic mass is 10.2. The summed E-state index contributed by atoms with van der Waals surface area (Å²) in [6.07, 6.45) is 1.74. The fourth-order valence-corrected chi connectivity index (χ4v) is 4.80. The van der Waals surface area contributed by atoms with Gasteiger partial charge in [0, 0.05) is 18.4 Å². The molecule has 5 rings (SSSR count). The first kappa shape index (κ1) is 23.2. The van der Waals surface area contributed by atoms with Crippen LogP contribution in [0.3, 0.4) is 0 Å². The van der Waals surface area contributed by atoms with Crippen molar-refractivity contribution < 1.29 is 23.8 Å². The second-order valence-electron chi connectivity index (χ2n) is 8.11. The first-order valence-corrected chi connectivity index (χ1v) is 12.3. The van der Waals surface area contributed by atoms with Crippen LogP contribution in [-0.2, 0) is 16.1 Å². The van der Waals surface area contributed by atoms with Crippen LogP contribution in [-0.4, -0.2) is 53.2 Å². The fourth-order valence-electron chi connectivity index (χ4n) is 3.99. The zero-order valence-corrected chi connectivity index (χ0v) is 19.6. The third kappa shape index (κ3) is 5.41. The number of aromatic nitrogens is 2. The molecule has 1 aromatic heterocycles. The number of nitrogens with zero attached hydrogens (tertiary/aromatic N) is 2. The highest BCUT2D eigenvalue weighted by molar-refractivity contribution is 7.99. The van der Waals surface area contributed by atoms with Crippen molar-refractivity contribution in [2.45, 2.75) is 30.6 Å². The fraction of sp³-hybridized carbons (Fsp3) is 0.333. The van der Waals surface area contributed by atoms with E-state index >= 15 is 0 Å². The van der Waals surface area contributed by atoms with Crippen LogP contribution < -0.4 is 25.7 Å². The second-order valence-corrected chi connectivity index (χ2v) is 9.05. The molecule has 1 saturated heterocycles. The highest BCUT2D eigenvalue weighted by Crippen LogP contribution is 2.32. The molecule has 10 nitrogen and oxygen atoms in total. The number of para-hydroxylation sites is 1. The van der Waals surface area contributed by atoms with Gasteiger partial charge in [0.15, 0.2) is 16.7 Å². The molecule has 0 bridgehead atoms. The molecule has 11 heteroatoms.